The second-order valence-corrected chi connectivity index (χ2v) is 3.01. The van der Waals surface area contributed by atoms with E-state index in [2.05, 4.69) is 11.3 Å². The topological polar surface area (TPSA) is 46.5 Å². The van der Waals surface area contributed by atoms with Gasteiger partial charge in [0.25, 0.3) is 6.43 Å². The maximum atomic E-state index is 12.0. The van der Waals surface area contributed by atoms with Crippen LogP contribution in [0.2, 0.25) is 0 Å². The summed E-state index contributed by atoms with van der Waals surface area (Å²) in [7, 11) is 0. The van der Waals surface area contributed by atoms with Gasteiger partial charge in [0.15, 0.2) is 5.60 Å². The molecule has 76 valence electrons. The molecule has 0 radical (unpaired) electrons. The number of rotatable bonds is 4. The quantitative estimate of drug-likeness (QED) is 0.539. The first-order chi connectivity index (χ1) is 5.77. The molecule has 0 fully saturated rings. The number of carbonyl (C=O) groups is 1. The molecule has 3 nitrogen and oxygen atoms in total. The van der Waals surface area contributed by atoms with Gasteiger partial charge in [0.1, 0.15) is 6.61 Å². The summed E-state index contributed by atoms with van der Waals surface area (Å²) in [5.74, 6) is -0.791. The molecule has 0 saturated heterocycles. The number of esters is 1. The van der Waals surface area contributed by atoms with Crippen LogP contribution in [0, 0.1) is 0 Å². The van der Waals surface area contributed by atoms with Crippen LogP contribution < -0.4 is 0 Å². The lowest BCUT2D eigenvalue weighted by Gasteiger charge is -2.21. The number of aliphatic hydroxyl groups is 1. The summed E-state index contributed by atoms with van der Waals surface area (Å²) >= 11 is 0. The van der Waals surface area contributed by atoms with E-state index in [1.807, 2.05) is 0 Å². The molecule has 0 aliphatic heterocycles. The molecule has 0 aromatic rings. The summed E-state index contributed by atoms with van der Waals surface area (Å²) in [5, 5.41) is 8.97. The van der Waals surface area contributed by atoms with Crippen molar-refractivity contribution in [2.24, 2.45) is 0 Å². The molecule has 0 rings (SSSR count). The minimum atomic E-state index is -2.95. The van der Waals surface area contributed by atoms with E-state index >= 15 is 0 Å². The van der Waals surface area contributed by atoms with Gasteiger partial charge in [-0.05, 0) is 13.8 Å². The van der Waals surface area contributed by atoms with Gasteiger partial charge in [-0.25, -0.2) is 13.6 Å². The van der Waals surface area contributed by atoms with E-state index in [4.69, 9.17) is 5.11 Å². The maximum absolute atomic E-state index is 12.0. The Morgan fingerprint density at radius 1 is 1.69 bits per heavy atom. The van der Waals surface area contributed by atoms with Gasteiger partial charge in [0.2, 0.25) is 0 Å². The summed E-state index contributed by atoms with van der Waals surface area (Å²) in [4.78, 5) is 10.7. The fourth-order valence-electron chi connectivity index (χ4n) is 0.398. The van der Waals surface area contributed by atoms with Crippen molar-refractivity contribution in [3.8, 4) is 0 Å². The Kier molecular flexibility index (Phi) is 4.00. The Balaban J connectivity index is 4.02. The molecule has 13 heavy (non-hydrogen) atoms. The van der Waals surface area contributed by atoms with Gasteiger partial charge in [-0.1, -0.05) is 6.58 Å². The van der Waals surface area contributed by atoms with Gasteiger partial charge in [0, 0.05) is 5.57 Å². The molecule has 0 bridgehead atoms. The minimum Gasteiger partial charge on any atom is -0.459 e. The number of halogens is 2. The summed E-state index contributed by atoms with van der Waals surface area (Å²) in [6, 6.07) is 0. The van der Waals surface area contributed by atoms with Crippen LogP contribution in [-0.2, 0) is 9.53 Å². The van der Waals surface area contributed by atoms with Gasteiger partial charge in [0.05, 0.1) is 0 Å². The molecule has 0 aliphatic rings. The largest absolute Gasteiger partial charge is 0.459 e. The highest BCUT2D eigenvalue weighted by Crippen LogP contribution is 2.15. The second-order valence-electron chi connectivity index (χ2n) is 3.01. The first-order valence-corrected chi connectivity index (χ1v) is 3.60. The molecule has 0 aliphatic carbocycles. The number of hydrogen-bond acceptors (Lipinski definition) is 3. The fraction of sp³-hybridized carbons (Fsp3) is 0.625. The Bertz CT molecular complexity index is 211. The fourth-order valence-corrected chi connectivity index (χ4v) is 0.398. The lowest BCUT2D eigenvalue weighted by molar-refractivity contribution is -0.157. The van der Waals surface area contributed by atoms with E-state index in [-0.39, 0.29) is 5.57 Å². The number of carbonyl (C=O) groups excluding carboxylic acids is 1. The Hall–Kier alpha value is -0.970. The predicted molar refractivity (Wildman–Crippen MR) is 42.4 cm³/mol. The molecule has 0 spiro atoms. The van der Waals surface area contributed by atoms with Crippen molar-refractivity contribution in [1.29, 1.82) is 0 Å². The van der Waals surface area contributed by atoms with Crippen LogP contribution in [0.1, 0.15) is 13.8 Å². The highest BCUT2D eigenvalue weighted by Gasteiger charge is 2.33. The van der Waals surface area contributed by atoms with Crippen LogP contribution in [0.5, 0.6) is 0 Å². The van der Waals surface area contributed by atoms with Crippen LogP contribution in [-0.4, -0.2) is 29.7 Å². The maximum Gasteiger partial charge on any atom is 0.333 e. The molecule has 0 heterocycles. The van der Waals surface area contributed by atoms with Crippen LogP contribution in [0.4, 0.5) is 8.78 Å². The van der Waals surface area contributed by atoms with Crippen LogP contribution in [0.15, 0.2) is 12.2 Å². The summed E-state index contributed by atoms with van der Waals surface area (Å²) in [6.07, 6.45) is -2.95. The van der Waals surface area contributed by atoms with Crippen molar-refractivity contribution in [1.82, 2.24) is 0 Å². The normalized spacial score (nSPS) is 15.2. The first-order valence-electron chi connectivity index (χ1n) is 3.60. The van der Waals surface area contributed by atoms with E-state index in [0.717, 1.165) is 6.92 Å². The Labute approximate surface area is 75.0 Å². The zero-order valence-corrected chi connectivity index (χ0v) is 7.51. The van der Waals surface area contributed by atoms with Crippen molar-refractivity contribution in [2.75, 3.05) is 6.61 Å². The number of ether oxygens (including phenoxy) is 1. The van der Waals surface area contributed by atoms with Crippen molar-refractivity contribution < 1.29 is 23.4 Å². The molecule has 5 heteroatoms. The third-order valence-corrected chi connectivity index (χ3v) is 1.31. The third-order valence-electron chi connectivity index (χ3n) is 1.31. The summed E-state index contributed by atoms with van der Waals surface area (Å²) < 4.78 is 28.4. The van der Waals surface area contributed by atoms with Crippen LogP contribution in [0.25, 0.3) is 0 Å². The Morgan fingerprint density at radius 2 is 2.15 bits per heavy atom. The number of alkyl halides is 2. The smallest absolute Gasteiger partial charge is 0.333 e. The monoisotopic (exact) mass is 194 g/mol. The van der Waals surface area contributed by atoms with Crippen LogP contribution in [0.3, 0.4) is 0 Å². The molecule has 1 unspecified atom stereocenters. The van der Waals surface area contributed by atoms with Crippen molar-refractivity contribution in [2.45, 2.75) is 25.9 Å². The van der Waals surface area contributed by atoms with Crippen molar-refractivity contribution in [3.05, 3.63) is 12.2 Å². The molecular formula is C8H12F2O3. The second kappa shape index (κ2) is 4.32. The van der Waals surface area contributed by atoms with E-state index < -0.39 is 24.6 Å². The molecule has 0 aromatic carbocycles. The van der Waals surface area contributed by atoms with Crippen molar-refractivity contribution in [3.63, 3.8) is 0 Å². The highest BCUT2D eigenvalue weighted by atomic mass is 19.3. The molecule has 1 atom stereocenters. The number of hydrogen-bond donors (Lipinski definition) is 1. The Morgan fingerprint density at radius 3 is 2.46 bits per heavy atom. The molecular weight excluding hydrogens is 182 g/mol. The lowest BCUT2D eigenvalue weighted by Crippen LogP contribution is -2.39. The SMILES string of the molecule is C=C(C)C(=O)OCC(C)(O)C(F)F. The van der Waals surface area contributed by atoms with Gasteiger partial charge in [-0.15, -0.1) is 0 Å². The average Bonchev–Trinajstić information content (AvgIpc) is 1.99. The minimum absolute atomic E-state index is 0.102. The zero-order chi connectivity index (χ0) is 10.6. The van der Waals surface area contributed by atoms with Crippen LogP contribution >= 0.6 is 0 Å². The molecule has 1 N–H and O–H groups in total. The van der Waals surface area contributed by atoms with Crippen molar-refractivity contribution >= 4 is 5.97 Å². The standard InChI is InChI=1S/C8H12F2O3/c1-5(2)6(11)13-4-8(3,12)7(9)10/h7,12H,1,4H2,2-3H3. The predicted octanol–water partition coefficient (Wildman–Crippen LogP) is 1.12. The van der Waals surface area contributed by atoms with E-state index in [9.17, 15) is 13.6 Å². The van der Waals surface area contributed by atoms with Gasteiger partial charge in [-0.2, -0.15) is 0 Å². The highest BCUT2D eigenvalue weighted by molar-refractivity contribution is 5.86. The first kappa shape index (κ1) is 12.0. The van der Waals surface area contributed by atoms with E-state index in [0.29, 0.717) is 0 Å². The van der Waals surface area contributed by atoms with E-state index in [1.165, 1.54) is 6.92 Å². The lowest BCUT2D eigenvalue weighted by atomic mass is 10.1. The summed E-state index contributed by atoms with van der Waals surface area (Å²) in [6.45, 7) is 4.80. The van der Waals surface area contributed by atoms with Gasteiger partial charge in [-0.3, -0.25) is 0 Å². The average molecular weight is 194 g/mol. The molecule has 0 saturated carbocycles. The third kappa shape index (κ3) is 3.98. The van der Waals surface area contributed by atoms with Gasteiger partial charge < -0.3 is 9.84 Å². The van der Waals surface area contributed by atoms with E-state index in [1.54, 1.807) is 0 Å². The van der Waals surface area contributed by atoms with Gasteiger partial charge >= 0.3 is 5.97 Å². The molecule has 0 aromatic heterocycles. The summed E-state index contributed by atoms with van der Waals surface area (Å²) in [5.41, 5.74) is -2.20. The molecule has 0 amide bonds. The zero-order valence-electron chi connectivity index (χ0n) is 7.51.